The van der Waals surface area contributed by atoms with Gasteiger partial charge in [0, 0.05) is 13.1 Å². The van der Waals surface area contributed by atoms with Crippen LogP contribution in [0.3, 0.4) is 0 Å². The second kappa shape index (κ2) is 8.70. The Bertz CT molecular complexity index is 644. The van der Waals surface area contributed by atoms with Gasteiger partial charge in [0.05, 0.1) is 6.04 Å². The van der Waals surface area contributed by atoms with E-state index in [0.717, 1.165) is 18.9 Å². The number of benzene rings is 1. The Morgan fingerprint density at radius 2 is 1.56 bits per heavy atom. The number of nitrogens with two attached hydrogens (primary N) is 1. The van der Waals surface area contributed by atoms with Gasteiger partial charge in [-0.25, -0.2) is 9.97 Å². The smallest absolute Gasteiger partial charge is 0.157 e. The van der Waals surface area contributed by atoms with Gasteiger partial charge in [-0.15, -0.1) is 0 Å². The van der Waals surface area contributed by atoms with Gasteiger partial charge in [0.25, 0.3) is 0 Å². The Labute approximate surface area is 151 Å². The minimum absolute atomic E-state index is 0.120. The summed E-state index contributed by atoms with van der Waals surface area (Å²) in [7, 11) is 0. The molecule has 1 aromatic carbocycles. The Balaban J connectivity index is 2.25. The molecule has 25 heavy (non-hydrogen) atoms. The van der Waals surface area contributed by atoms with Crippen LogP contribution in [0.1, 0.15) is 46.2 Å². The van der Waals surface area contributed by atoms with Crippen molar-refractivity contribution in [3.63, 3.8) is 0 Å². The SMILES string of the molecule is CC(C)CN(CC(C)C)c1ncnc(NC(C)c2ccccc2)c1N. The molecule has 136 valence electrons. The lowest BCUT2D eigenvalue weighted by atomic mass is 10.1. The summed E-state index contributed by atoms with van der Waals surface area (Å²) in [6.45, 7) is 12.8. The summed E-state index contributed by atoms with van der Waals surface area (Å²) in [4.78, 5) is 11.1. The number of hydrogen-bond acceptors (Lipinski definition) is 5. The van der Waals surface area contributed by atoms with Crippen LogP contribution in [0.2, 0.25) is 0 Å². The first kappa shape index (κ1) is 19.0. The number of aromatic nitrogens is 2. The number of anilines is 3. The molecule has 1 heterocycles. The topological polar surface area (TPSA) is 67.1 Å². The fourth-order valence-corrected chi connectivity index (χ4v) is 2.91. The standard InChI is InChI=1S/C20H31N5/c1-14(2)11-25(12-15(3)4)20-18(21)19(22-13-23-20)24-16(5)17-9-7-6-8-10-17/h6-10,13-16H,11-12,21H2,1-5H3,(H,22,23,24). The molecule has 0 bridgehead atoms. The van der Waals surface area contributed by atoms with Crippen LogP contribution in [0.4, 0.5) is 17.3 Å². The van der Waals surface area contributed by atoms with Gasteiger partial charge in [0.15, 0.2) is 11.6 Å². The van der Waals surface area contributed by atoms with E-state index in [1.807, 2.05) is 18.2 Å². The van der Waals surface area contributed by atoms with Gasteiger partial charge in [0.1, 0.15) is 12.0 Å². The van der Waals surface area contributed by atoms with Crippen LogP contribution >= 0.6 is 0 Å². The third-order valence-corrected chi connectivity index (χ3v) is 3.99. The molecule has 1 unspecified atom stereocenters. The fraction of sp³-hybridized carbons (Fsp3) is 0.500. The zero-order chi connectivity index (χ0) is 18.4. The van der Waals surface area contributed by atoms with Gasteiger partial charge in [-0.3, -0.25) is 0 Å². The van der Waals surface area contributed by atoms with E-state index >= 15 is 0 Å². The molecule has 5 nitrogen and oxygen atoms in total. The van der Waals surface area contributed by atoms with Crippen LogP contribution in [-0.4, -0.2) is 23.1 Å². The second-order valence-corrected chi connectivity index (χ2v) is 7.43. The summed E-state index contributed by atoms with van der Waals surface area (Å²) < 4.78 is 0. The van der Waals surface area contributed by atoms with Crippen molar-refractivity contribution in [2.75, 3.05) is 29.0 Å². The zero-order valence-electron chi connectivity index (χ0n) is 16.0. The lowest BCUT2D eigenvalue weighted by Gasteiger charge is -2.29. The van der Waals surface area contributed by atoms with Crippen molar-refractivity contribution in [2.45, 2.75) is 40.7 Å². The number of nitrogen functional groups attached to an aromatic ring is 1. The summed E-state index contributed by atoms with van der Waals surface area (Å²) in [6.07, 6.45) is 1.60. The third-order valence-electron chi connectivity index (χ3n) is 3.99. The van der Waals surface area contributed by atoms with E-state index in [1.54, 1.807) is 6.33 Å². The van der Waals surface area contributed by atoms with Crippen LogP contribution in [0.15, 0.2) is 36.7 Å². The van der Waals surface area contributed by atoms with E-state index in [0.29, 0.717) is 23.3 Å². The van der Waals surface area contributed by atoms with Gasteiger partial charge in [-0.2, -0.15) is 0 Å². The molecule has 0 aliphatic heterocycles. The van der Waals surface area contributed by atoms with Crippen molar-refractivity contribution in [1.82, 2.24) is 9.97 Å². The van der Waals surface area contributed by atoms with Crippen LogP contribution in [0, 0.1) is 11.8 Å². The molecule has 2 aromatic rings. The van der Waals surface area contributed by atoms with Gasteiger partial charge >= 0.3 is 0 Å². The molecule has 0 fully saturated rings. The minimum atomic E-state index is 0.120. The van der Waals surface area contributed by atoms with E-state index in [1.165, 1.54) is 5.56 Å². The molecular formula is C20H31N5. The average Bonchev–Trinajstić information content (AvgIpc) is 2.56. The normalized spacial score (nSPS) is 12.4. The predicted molar refractivity (Wildman–Crippen MR) is 107 cm³/mol. The summed E-state index contributed by atoms with van der Waals surface area (Å²) in [5.74, 6) is 2.58. The molecule has 2 rings (SSSR count). The lowest BCUT2D eigenvalue weighted by Crippen LogP contribution is -2.33. The van der Waals surface area contributed by atoms with Crippen molar-refractivity contribution >= 4 is 17.3 Å². The van der Waals surface area contributed by atoms with Gasteiger partial charge in [-0.1, -0.05) is 58.0 Å². The number of nitrogens with zero attached hydrogens (tertiary/aromatic N) is 3. The highest BCUT2D eigenvalue weighted by Crippen LogP contribution is 2.29. The second-order valence-electron chi connectivity index (χ2n) is 7.43. The molecule has 0 radical (unpaired) electrons. The molecule has 1 aromatic heterocycles. The van der Waals surface area contributed by atoms with Crippen molar-refractivity contribution in [3.05, 3.63) is 42.2 Å². The number of nitrogens with one attached hydrogen (secondary N) is 1. The highest BCUT2D eigenvalue weighted by Gasteiger charge is 2.18. The molecule has 1 atom stereocenters. The predicted octanol–water partition coefficient (Wildman–Crippen LogP) is 4.35. The third kappa shape index (κ3) is 5.34. The summed E-state index contributed by atoms with van der Waals surface area (Å²) in [5.41, 5.74) is 8.25. The Morgan fingerprint density at radius 1 is 0.960 bits per heavy atom. The highest BCUT2D eigenvalue weighted by molar-refractivity contribution is 5.75. The Kier molecular flexibility index (Phi) is 6.62. The van der Waals surface area contributed by atoms with Crippen molar-refractivity contribution in [3.8, 4) is 0 Å². The van der Waals surface area contributed by atoms with E-state index in [9.17, 15) is 0 Å². The Morgan fingerprint density at radius 3 is 2.12 bits per heavy atom. The van der Waals surface area contributed by atoms with Crippen LogP contribution in [-0.2, 0) is 0 Å². The quantitative estimate of drug-likeness (QED) is 0.747. The van der Waals surface area contributed by atoms with Crippen LogP contribution < -0.4 is 16.0 Å². The van der Waals surface area contributed by atoms with E-state index < -0.39 is 0 Å². The first-order valence-corrected chi connectivity index (χ1v) is 9.05. The maximum Gasteiger partial charge on any atom is 0.157 e. The first-order chi connectivity index (χ1) is 11.9. The van der Waals surface area contributed by atoms with Gasteiger partial charge in [0.2, 0.25) is 0 Å². The van der Waals surface area contributed by atoms with E-state index in [4.69, 9.17) is 5.73 Å². The number of rotatable bonds is 8. The molecule has 3 N–H and O–H groups in total. The molecule has 0 amide bonds. The van der Waals surface area contributed by atoms with Crippen molar-refractivity contribution in [1.29, 1.82) is 0 Å². The summed E-state index contributed by atoms with van der Waals surface area (Å²) >= 11 is 0. The first-order valence-electron chi connectivity index (χ1n) is 9.05. The van der Waals surface area contributed by atoms with Gasteiger partial charge < -0.3 is 16.0 Å². The van der Waals surface area contributed by atoms with E-state index in [2.05, 4.69) is 66.9 Å². The molecule has 0 aliphatic carbocycles. The maximum absolute atomic E-state index is 6.43. The summed E-state index contributed by atoms with van der Waals surface area (Å²) in [6, 6.07) is 10.4. The highest BCUT2D eigenvalue weighted by atomic mass is 15.2. The molecule has 5 heteroatoms. The molecule has 0 saturated carbocycles. The molecule has 0 spiro atoms. The molecule has 0 saturated heterocycles. The monoisotopic (exact) mass is 341 g/mol. The Hall–Kier alpha value is -2.30. The van der Waals surface area contributed by atoms with Gasteiger partial charge in [-0.05, 0) is 24.3 Å². The average molecular weight is 342 g/mol. The maximum atomic E-state index is 6.43. The van der Waals surface area contributed by atoms with Crippen molar-refractivity contribution in [2.24, 2.45) is 11.8 Å². The summed E-state index contributed by atoms with van der Waals surface area (Å²) in [5, 5.41) is 3.43. The largest absolute Gasteiger partial charge is 0.393 e. The molecular weight excluding hydrogens is 310 g/mol. The van der Waals surface area contributed by atoms with Crippen molar-refractivity contribution < 1.29 is 0 Å². The minimum Gasteiger partial charge on any atom is -0.393 e. The number of hydrogen-bond donors (Lipinski definition) is 2. The molecule has 0 aliphatic rings. The zero-order valence-corrected chi connectivity index (χ0v) is 16.0. The van der Waals surface area contributed by atoms with Crippen LogP contribution in [0.5, 0.6) is 0 Å². The van der Waals surface area contributed by atoms with Crippen LogP contribution in [0.25, 0.3) is 0 Å². The fourth-order valence-electron chi connectivity index (χ4n) is 2.91. The lowest BCUT2D eigenvalue weighted by molar-refractivity contribution is 0.549. The van der Waals surface area contributed by atoms with E-state index in [-0.39, 0.29) is 6.04 Å².